The molecular formula is C9H16N2O. The monoisotopic (exact) mass is 168 g/mol. The van der Waals surface area contributed by atoms with Crippen molar-refractivity contribution in [3.05, 3.63) is 17.7 Å². The molecule has 0 amide bonds. The number of aryl methyl sites for hydroxylation is 1. The molecule has 0 unspecified atom stereocenters. The van der Waals surface area contributed by atoms with Crippen LogP contribution < -0.4 is 0 Å². The fourth-order valence-electron chi connectivity index (χ4n) is 1.25. The number of nitrogens with zero attached hydrogens (tertiary/aromatic N) is 2. The lowest BCUT2D eigenvalue weighted by atomic mass is 10.4. The van der Waals surface area contributed by atoms with Gasteiger partial charge < -0.3 is 9.30 Å². The van der Waals surface area contributed by atoms with Crippen LogP contribution in [-0.4, -0.2) is 16.7 Å². The second-order valence-electron chi connectivity index (χ2n) is 3.23. The van der Waals surface area contributed by atoms with E-state index in [9.17, 15) is 0 Å². The van der Waals surface area contributed by atoms with Gasteiger partial charge in [0.25, 0.3) is 0 Å². The van der Waals surface area contributed by atoms with Crippen LogP contribution in [0.3, 0.4) is 0 Å². The van der Waals surface area contributed by atoms with E-state index < -0.39 is 0 Å². The highest BCUT2D eigenvalue weighted by Gasteiger charge is 2.06. The molecule has 0 saturated carbocycles. The molecule has 3 heteroatoms. The first-order valence-electron chi connectivity index (χ1n) is 4.18. The van der Waals surface area contributed by atoms with Crippen molar-refractivity contribution in [1.29, 1.82) is 0 Å². The van der Waals surface area contributed by atoms with Crippen LogP contribution in [-0.2, 0) is 11.3 Å². The van der Waals surface area contributed by atoms with Gasteiger partial charge in [-0.05, 0) is 20.8 Å². The minimum atomic E-state index is 0.455. The Kier molecular flexibility index (Phi) is 2.87. The molecule has 68 valence electrons. The van der Waals surface area contributed by atoms with Crippen molar-refractivity contribution in [2.45, 2.75) is 33.4 Å². The maximum Gasteiger partial charge on any atom is 0.135 e. The van der Waals surface area contributed by atoms with E-state index in [1.54, 1.807) is 7.11 Å². The molecule has 1 aromatic heterocycles. The Labute approximate surface area is 73.4 Å². The smallest absolute Gasteiger partial charge is 0.135 e. The van der Waals surface area contributed by atoms with Gasteiger partial charge in [-0.25, -0.2) is 4.98 Å². The van der Waals surface area contributed by atoms with Gasteiger partial charge in [-0.1, -0.05) is 0 Å². The van der Waals surface area contributed by atoms with Crippen molar-refractivity contribution < 1.29 is 4.74 Å². The van der Waals surface area contributed by atoms with Crippen molar-refractivity contribution in [2.24, 2.45) is 0 Å². The Morgan fingerprint density at radius 2 is 2.25 bits per heavy atom. The second-order valence-corrected chi connectivity index (χ2v) is 3.23. The van der Waals surface area contributed by atoms with Gasteiger partial charge in [-0.15, -0.1) is 0 Å². The van der Waals surface area contributed by atoms with E-state index in [1.807, 2.05) is 6.92 Å². The molecule has 0 atom stereocenters. The Hall–Kier alpha value is -0.830. The molecule has 0 bridgehead atoms. The average Bonchev–Trinajstić information content (AvgIpc) is 2.32. The van der Waals surface area contributed by atoms with Crippen LogP contribution >= 0.6 is 0 Å². The molecule has 0 aliphatic carbocycles. The molecular weight excluding hydrogens is 152 g/mol. The third kappa shape index (κ3) is 1.85. The normalized spacial score (nSPS) is 11.1. The maximum absolute atomic E-state index is 5.05. The standard InChI is InChI=1S/C9H16N2O/c1-7(2)11-5-8(3)10-9(11)6-12-4/h5,7H,6H2,1-4H3. The number of hydrogen-bond acceptors (Lipinski definition) is 2. The summed E-state index contributed by atoms with van der Waals surface area (Å²) in [5, 5.41) is 0. The van der Waals surface area contributed by atoms with Crippen LogP contribution in [0.25, 0.3) is 0 Å². The lowest BCUT2D eigenvalue weighted by Crippen LogP contribution is -2.05. The lowest BCUT2D eigenvalue weighted by molar-refractivity contribution is 0.173. The summed E-state index contributed by atoms with van der Waals surface area (Å²) in [5.41, 5.74) is 1.05. The minimum Gasteiger partial charge on any atom is -0.377 e. The Morgan fingerprint density at radius 3 is 2.75 bits per heavy atom. The first-order valence-corrected chi connectivity index (χ1v) is 4.18. The number of rotatable bonds is 3. The van der Waals surface area contributed by atoms with Crippen LogP contribution in [0.15, 0.2) is 6.20 Å². The molecule has 0 spiro atoms. The zero-order valence-corrected chi connectivity index (χ0v) is 8.16. The van der Waals surface area contributed by atoms with Crippen molar-refractivity contribution in [3.8, 4) is 0 Å². The minimum absolute atomic E-state index is 0.455. The molecule has 1 aromatic rings. The van der Waals surface area contributed by atoms with Crippen molar-refractivity contribution >= 4 is 0 Å². The Morgan fingerprint density at radius 1 is 1.58 bits per heavy atom. The largest absolute Gasteiger partial charge is 0.377 e. The molecule has 1 heterocycles. The quantitative estimate of drug-likeness (QED) is 0.689. The summed E-state index contributed by atoms with van der Waals surface area (Å²) in [5.74, 6) is 1.00. The Balaban J connectivity index is 2.92. The zero-order chi connectivity index (χ0) is 9.14. The van der Waals surface area contributed by atoms with Gasteiger partial charge in [-0.2, -0.15) is 0 Å². The second kappa shape index (κ2) is 3.72. The highest BCUT2D eigenvalue weighted by Crippen LogP contribution is 2.11. The van der Waals surface area contributed by atoms with Gasteiger partial charge in [0.1, 0.15) is 12.4 Å². The van der Waals surface area contributed by atoms with E-state index in [2.05, 4.69) is 29.6 Å². The molecule has 12 heavy (non-hydrogen) atoms. The van der Waals surface area contributed by atoms with E-state index in [0.717, 1.165) is 11.5 Å². The molecule has 1 rings (SSSR count). The van der Waals surface area contributed by atoms with Crippen LogP contribution in [0.4, 0.5) is 0 Å². The number of ether oxygens (including phenoxy) is 1. The van der Waals surface area contributed by atoms with Gasteiger partial charge in [0.15, 0.2) is 0 Å². The number of methoxy groups -OCH3 is 1. The van der Waals surface area contributed by atoms with Crippen molar-refractivity contribution in [2.75, 3.05) is 7.11 Å². The number of hydrogen-bond donors (Lipinski definition) is 0. The summed E-state index contributed by atoms with van der Waals surface area (Å²) >= 11 is 0. The molecule has 0 N–H and O–H groups in total. The fraction of sp³-hybridized carbons (Fsp3) is 0.667. The fourth-order valence-corrected chi connectivity index (χ4v) is 1.25. The van der Waals surface area contributed by atoms with Gasteiger partial charge in [0.2, 0.25) is 0 Å². The molecule has 0 saturated heterocycles. The average molecular weight is 168 g/mol. The summed E-state index contributed by atoms with van der Waals surface area (Å²) in [6.45, 7) is 6.87. The third-order valence-electron chi connectivity index (χ3n) is 1.76. The summed E-state index contributed by atoms with van der Waals surface area (Å²) in [6.07, 6.45) is 2.05. The predicted octanol–water partition coefficient (Wildman–Crippen LogP) is 1.92. The van der Waals surface area contributed by atoms with Crippen LogP contribution in [0.1, 0.15) is 31.4 Å². The van der Waals surface area contributed by atoms with Crippen LogP contribution in [0.2, 0.25) is 0 Å². The third-order valence-corrected chi connectivity index (χ3v) is 1.76. The van der Waals surface area contributed by atoms with Crippen LogP contribution in [0, 0.1) is 6.92 Å². The van der Waals surface area contributed by atoms with E-state index >= 15 is 0 Å². The van der Waals surface area contributed by atoms with Gasteiger partial charge in [0.05, 0.1) is 5.69 Å². The summed E-state index contributed by atoms with van der Waals surface area (Å²) in [7, 11) is 1.69. The Bertz CT molecular complexity index is 253. The summed E-state index contributed by atoms with van der Waals surface area (Å²) in [6, 6.07) is 0.455. The van der Waals surface area contributed by atoms with E-state index in [0.29, 0.717) is 12.6 Å². The molecule has 0 aliphatic heterocycles. The summed E-state index contributed by atoms with van der Waals surface area (Å²) in [4.78, 5) is 4.36. The molecule has 0 radical (unpaired) electrons. The maximum atomic E-state index is 5.05. The molecule has 0 fully saturated rings. The lowest BCUT2D eigenvalue weighted by Gasteiger charge is -2.09. The molecule has 0 aromatic carbocycles. The van der Waals surface area contributed by atoms with Crippen molar-refractivity contribution in [1.82, 2.24) is 9.55 Å². The van der Waals surface area contributed by atoms with Crippen LogP contribution in [0.5, 0.6) is 0 Å². The van der Waals surface area contributed by atoms with Crippen molar-refractivity contribution in [3.63, 3.8) is 0 Å². The predicted molar refractivity (Wildman–Crippen MR) is 48.1 cm³/mol. The molecule has 3 nitrogen and oxygen atoms in total. The van der Waals surface area contributed by atoms with E-state index in [4.69, 9.17) is 4.74 Å². The van der Waals surface area contributed by atoms with E-state index in [1.165, 1.54) is 0 Å². The number of aromatic nitrogens is 2. The topological polar surface area (TPSA) is 27.1 Å². The first-order chi connectivity index (χ1) is 5.65. The highest BCUT2D eigenvalue weighted by atomic mass is 16.5. The van der Waals surface area contributed by atoms with Gasteiger partial charge in [0, 0.05) is 19.3 Å². The zero-order valence-electron chi connectivity index (χ0n) is 8.16. The molecule has 0 aliphatic rings. The highest BCUT2D eigenvalue weighted by molar-refractivity contribution is 5.02. The van der Waals surface area contributed by atoms with Gasteiger partial charge in [-0.3, -0.25) is 0 Å². The summed E-state index contributed by atoms with van der Waals surface area (Å²) < 4.78 is 7.19. The van der Waals surface area contributed by atoms with E-state index in [-0.39, 0.29) is 0 Å². The SMILES string of the molecule is COCc1nc(C)cn1C(C)C. The number of imidazole rings is 1. The van der Waals surface area contributed by atoms with Gasteiger partial charge >= 0.3 is 0 Å². The first kappa shape index (κ1) is 9.26.